The van der Waals surface area contributed by atoms with E-state index < -0.39 is 11.6 Å². The molecule has 0 unspecified atom stereocenters. The molecule has 1 aromatic heterocycles. The van der Waals surface area contributed by atoms with Crippen LogP contribution >= 0.6 is 0 Å². The van der Waals surface area contributed by atoms with Gasteiger partial charge in [-0.25, -0.2) is 9.37 Å². The number of pyridine rings is 1. The van der Waals surface area contributed by atoms with Gasteiger partial charge in [0.2, 0.25) is 5.88 Å². The SMILES string of the molecule is Fc1cccc(-c2ccc(OCC3CCN(CC4(C(F)(F)F)CCC4)CC3)nc2)c1. The third-order valence-corrected chi connectivity index (χ3v) is 6.51. The Morgan fingerprint density at radius 3 is 2.40 bits per heavy atom. The van der Waals surface area contributed by atoms with Crippen LogP contribution in [0.1, 0.15) is 32.1 Å². The minimum absolute atomic E-state index is 0.132. The Labute approximate surface area is 174 Å². The van der Waals surface area contributed by atoms with Gasteiger partial charge in [-0.3, -0.25) is 0 Å². The molecule has 0 N–H and O–H groups in total. The molecule has 7 heteroatoms. The maximum Gasteiger partial charge on any atom is 0.395 e. The van der Waals surface area contributed by atoms with Crippen molar-refractivity contribution in [2.45, 2.75) is 38.3 Å². The topological polar surface area (TPSA) is 25.4 Å². The Bertz CT molecular complexity index is 841. The number of aromatic nitrogens is 1. The third-order valence-electron chi connectivity index (χ3n) is 6.51. The predicted octanol–water partition coefficient (Wildman–Crippen LogP) is 5.71. The van der Waals surface area contributed by atoms with E-state index in [4.69, 9.17) is 4.74 Å². The van der Waals surface area contributed by atoms with Crippen LogP contribution in [-0.2, 0) is 0 Å². The molecule has 1 saturated carbocycles. The second kappa shape index (κ2) is 8.53. The van der Waals surface area contributed by atoms with Gasteiger partial charge in [0.25, 0.3) is 0 Å². The van der Waals surface area contributed by atoms with Crippen LogP contribution in [0.4, 0.5) is 17.6 Å². The first kappa shape index (κ1) is 21.1. The average molecular weight is 422 g/mol. The normalized spacial score (nSPS) is 20.0. The molecule has 0 amide bonds. The summed E-state index contributed by atoms with van der Waals surface area (Å²) in [7, 11) is 0. The van der Waals surface area contributed by atoms with E-state index in [-0.39, 0.29) is 25.2 Å². The highest BCUT2D eigenvalue weighted by Gasteiger charge is 2.58. The van der Waals surface area contributed by atoms with E-state index >= 15 is 0 Å². The highest BCUT2D eigenvalue weighted by atomic mass is 19.4. The quantitative estimate of drug-likeness (QED) is 0.558. The molecular formula is C23H26F4N2O. The minimum atomic E-state index is -4.10. The number of likely N-dealkylation sites (tertiary alicyclic amines) is 1. The smallest absolute Gasteiger partial charge is 0.395 e. The van der Waals surface area contributed by atoms with Gasteiger partial charge in [0.15, 0.2) is 0 Å². The van der Waals surface area contributed by atoms with Gasteiger partial charge in [0.1, 0.15) is 5.82 Å². The molecule has 2 fully saturated rings. The second-order valence-corrected chi connectivity index (χ2v) is 8.56. The predicted molar refractivity (Wildman–Crippen MR) is 107 cm³/mol. The van der Waals surface area contributed by atoms with Gasteiger partial charge in [0, 0.05) is 24.4 Å². The van der Waals surface area contributed by atoms with E-state index in [0.29, 0.717) is 37.9 Å². The molecule has 4 rings (SSSR count). The molecular weight excluding hydrogens is 396 g/mol. The van der Waals surface area contributed by atoms with Crippen molar-refractivity contribution in [1.29, 1.82) is 0 Å². The Balaban J connectivity index is 1.24. The van der Waals surface area contributed by atoms with Gasteiger partial charge in [0.05, 0.1) is 12.0 Å². The fraction of sp³-hybridized carbons (Fsp3) is 0.522. The Morgan fingerprint density at radius 1 is 1.07 bits per heavy atom. The fourth-order valence-corrected chi connectivity index (χ4v) is 4.38. The fourth-order valence-electron chi connectivity index (χ4n) is 4.38. The number of alkyl halides is 3. The van der Waals surface area contributed by atoms with Gasteiger partial charge in [-0.15, -0.1) is 0 Å². The lowest BCUT2D eigenvalue weighted by Gasteiger charge is -2.47. The van der Waals surface area contributed by atoms with Crippen molar-refractivity contribution in [3.05, 3.63) is 48.4 Å². The maximum absolute atomic E-state index is 13.4. The maximum atomic E-state index is 13.4. The van der Waals surface area contributed by atoms with Crippen molar-refractivity contribution in [3.8, 4) is 17.0 Å². The first-order valence-electron chi connectivity index (χ1n) is 10.5. The lowest BCUT2D eigenvalue weighted by Crippen LogP contribution is -2.53. The molecule has 0 bridgehead atoms. The molecule has 1 aliphatic carbocycles. The number of nitrogens with zero attached hydrogens (tertiary/aromatic N) is 2. The minimum Gasteiger partial charge on any atom is -0.477 e. The molecule has 162 valence electrons. The zero-order chi connectivity index (χ0) is 21.2. The van der Waals surface area contributed by atoms with Gasteiger partial charge in [-0.2, -0.15) is 13.2 Å². The van der Waals surface area contributed by atoms with Gasteiger partial charge >= 0.3 is 6.18 Å². The summed E-state index contributed by atoms with van der Waals surface area (Å²) >= 11 is 0. The Kier molecular flexibility index (Phi) is 6.00. The first-order valence-corrected chi connectivity index (χ1v) is 10.5. The summed E-state index contributed by atoms with van der Waals surface area (Å²) in [6, 6.07) is 9.94. The largest absolute Gasteiger partial charge is 0.477 e. The first-order chi connectivity index (χ1) is 14.3. The van der Waals surface area contributed by atoms with Crippen LogP contribution in [0, 0.1) is 17.2 Å². The summed E-state index contributed by atoms with van der Waals surface area (Å²) < 4.78 is 59.3. The summed E-state index contributed by atoms with van der Waals surface area (Å²) in [6.07, 6.45) is 0.406. The molecule has 3 nitrogen and oxygen atoms in total. The molecule has 30 heavy (non-hydrogen) atoms. The molecule has 1 aliphatic heterocycles. The molecule has 0 spiro atoms. The van der Waals surface area contributed by atoms with Gasteiger partial charge in [-0.1, -0.05) is 18.6 Å². The molecule has 2 aliphatic rings. The molecule has 1 saturated heterocycles. The van der Waals surface area contributed by atoms with Crippen LogP contribution in [0.3, 0.4) is 0 Å². The molecule has 2 aromatic rings. The van der Waals surface area contributed by atoms with E-state index in [1.165, 1.54) is 12.1 Å². The number of hydrogen-bond acceptors (Lipinski definition) is 3. The van der Waals surface area contributed by atoms with Crippen LogP contribution < -0.4 is 4.74 Å². The molecule has 1 aromatic carbocycles. The highest BCUT2D eigenvalue weighted by Crippen LogP contribution is 2.53. The summed E-state index contributed by atoms with van der Waals surface area (Å²) in [5.41, 5.74) is 0.0817. The number of ether oxygens (including phenoxy) is 1. The summed E-state index contributed by atoms with van der Waals surface area (Å²) in [5.74, 6) is 0.523. The molecule has 0 radical (unpaired) electrons. The van der Waals surface area contributed by atoms with Crippen molar-refractivity contribution >= 4 is 0 Å². The standard InChI is InChI=1S/C23H26F4N2O/c24-20-4-1-3-18(13-20)19-5-6-21(28-14-19)30-15-17-7-11-29(12-8-17)16-22(9-2-10-22)23(25,26)27/h1,3-6,13-14,17H,2,7-12,15-16H2. The Hall–Kier alpha value is -2.15. The van der Waals surface area contributed by atoms with Gasteiger partial charge in [-0.05, 0) is 68.5 Å². The lowest BCUT2D eigenvalue weighted by atomic mass is 9.67. The Morgan fingerprint density at radius 2 is 1.83 bits per heavy atom. The summed E-state index contributed by atoms with van der Waals surface area (Å²) in [4.78, 5) is 6.27. The van der Waals surface area contributed by atoms with E-state index in [2.05, 4.69) is 4.98 Å². The van der Waals surface area contributed by atoms with E-state index in [1.807, 2.05) is 17.0 Å². The molecule has 0 atom stereocenters. The van der Waals surface area contributed by atoms with Crippen molar-refractivity contribution in [3.63, 3.8) is 0 Å². The van der Waals surface area contributed by atoms with E-state index in [1.54, 1.807) is 18.3 Å². The van der Waals surface area contributed by atoms with Crippen molar-refractivity contribution in [2.75, 3.05) is 26.2 Å². The van der Waals surface area contributed by atoms with Gasteiger partial charge < -0.3 is 9.64 Å². The average Bonchev–Trinajstić information content (AvgIpc) is 2.69. The zero-order valence-electron chi connectivity index (χ0n) is 16.8. The van der Waals surface area contributed by atoms with E-state index in [0.717, 1.165) is 24.0 Å². The molecule has 2 heterocycles. The number of benzene rings is 1. The zero-order valence-corrected chi connectivity index (χ0v) is 16.8. The van der Waals surface area contributed by atoms with Crippen LogP contribution in [0.15, 0.2) is 42.6 Å². The summed E-state index contributed by atoms with van der Waals surface area (Å²) in [6.45, 7) is 1.99. The second-order valence-electron chi connectivity index (χ2n) is 8.56. The third kappa shape index (κ3) is 4.61. The van der Waals surface area contributed by atoms with Crippen LogP contribution in [0.5, 0.6) is 5.88 Å². The monoisotopic (exact) mass is 422 g/mol. The lowest BCUT2D eigenvalue weighted by molar-refractivity contribution is -0.256. The van der Waals surface area contributed by atoms with Crippen molar-refractivity contribution in [1.82, 2.24) is 9.88 Å². The van der Waals surface area contributed by atoms with E-state index in [9.17, 15) is 17.6 Å². The van der Waals surface area contributed by atoms with Crippen molar-refractivity contribution < 1.29 is 22.3 Å². The number of halogens is 4. The number of hydrogen-bond donors (Lipinski definition) is 0. The van der Waals surface area contributed by atoms with Crippen molar-refractivity contribution in [2.24, 2.45) is 11.3 Å². The number of rotatable bonds is 6. The summed E-state index contributed by atoms with van der Waals surface area (Å²) in [5, 5.41) is 0. The number of piperidine rings is 1. The van der Waals surface area contributed by atoms with Crippen LogP contribution in [0.25, 0.3) is 11.1 Å². The van der Waals surface area contributed by atoms with Crippen LogP contribution in [-0.4, -0.2) is 42.3 Å². The highest BCUT2D eigenvalue weighted by molar-refractivity contribution is 5.62. The van der Waals surface area contributed by atoms with Crippen LogP contribution in [0.2, 0.25) is 0 Å².